The number of para-hydroxylation sites is 1. The van der Waals surface area contributed by atoms with E-state index in [1.54, 1.807) is 0 Å². The monoisotopic (exact) mass is 315 g/mol. The number of benzene rings is 3. The molecule has 0 spiro atoms. The highest BCUT2D eigenvalue weighted by atomic mass is 14.9. The Balaban J connectivity index is 1.84. The molecule has 3 aromatic carbocycles. The van der Waals surface area contributed by atoms with Crippen LogP contribution in [0.2, 0.25) is 0 Å². The molecule has 0 saturated carbocycles. The van der Waals surface area contributed by atoms with Crippen molar-refractivity contribution < 1.29 is 0 Å². The van der Waals surface area contributed by atoms with Crippen LogP contribution in [0.25, 0.3) is 11.1 Å². The maximum Gasteiger partial charge on any atom is 0.0384 e. The van der Waals surface area contributed by atoms with Gasteiger partial charge in [0.05, 0.1) is 0 Å². The van der Waals surface area contributed by atoms with Crippen LogP contribution in [-0.4, -0.2) is 0 Å². The molecule has 122 valence electrons. The van der Waals surface area contributed by atoms with Crippen LogP contribution in [0, 0.1) is 0 Å². The summed E-state index contributed by atoms with van der Waals surface area (Å²) in [5.74, 6) is 0.555. The largest absolute Gasteiger partial charge is 0.356 e. The van der Waals surface area contributed by atoms with E-state index in [0.29, 0.717) is 5.92 Å². The third-order valence-corrected chi connectivity index (χ3v) is 4.43. The summed E-state index contributed by atoms with van der Waals surface area (Å²) in [6.45, 7) is 6.77. The summed E-state index contributed by atoms with van der Waals surface area (Å²) in [6, 6.07) is 25.8. The molecule has 1 N–H and O–H groups in total. The molecule has 0 bridgehead atoms. The van der Waals surface area contributed by atoms with Gasteiger partial charge < -0.3 is 5.32 Å². The Morgan fingerprint density at radius 3 is 2.00 bits per heavy atom. The highest BCUT2D eigenvalue weighted by molar-refractivity contribution is 5.69. The number of anilines is 2. The van der Waals surface area contributed by atoms with Gasteiger partial charge in [0.1, 0.15) is 0 Å². The van der Waals surface area contributed by atoms with Crippen molar-refractivity contribution in [3.63, 3.8) is 0 Å². The normalized spacial score (nSPS) is 10.8. The molecule has 1 nitrogen and oxygen atoms in total. The first-order valence-corrected chi connectivity index (χ1v) is 8.72. The van der Waals surface area contributed by atoms with E-state index in [-0.39, 0.29) is 0 Å². The second kappa shape index (κ2) is 7.35. The quantitative estimate of drug-likeness (QED) is 0.547. The highest BCUT2D eigenvalue weighted by Gasteiger charge is 2.08. The van der Waals surface area contributed by atoms with E-state index in [1.807, 2.05) is 18.2 Å². The summed E-state index contributed by atoms with van der Waals surface area (Å²) < 4.78 is 0. The third-order valence-electron chi connectivity index (χ3n) is 4.43. The zero-order chi connectivity index (χ0) is 16.9. The fraction of sp³-hybridized carbons (Fsp3) is 0.217. The number of hydrogen-bond donors (Lipinski definition) is 1. The molecule has 0 aliphatic heterocycles. The predicted molar refractivity (Wildman–Crippen MR) is 105 cm³/mol. The van der Waals surface area contributed by atoms with Gasteiger partial charge >= 0.3 is 0 Å². The standard InChI is InChI=1S/C23H25N/c1-4-18-10-11-20(16-23(18)17(2)3)19-12-14-22(15-13-19)24-21-8-6-5-7-9-21/h5-17,24H,4H2,1-3H3. The number of rotatable bonds is 5. The van der Waals surface area contributed by atoms with Crippen LogP contribution in [0.3, 0.4) is 0 Å². The first-order valence-electron chi connectivity index (χ1n) is 8.72. The van der Waals surface area contributed by atoms with Crippen LogP contribution in [0.1, 0.15) is 37.8 Å². The minimum Gasteiger partial charge on any atom is -0.356 e. The minimum atomic E-state index is 0.555. The van der Waals surface area contributed by atoms with Crippen molar-refractivity contribution in [2.75, 3.05) is 5.32 Å². The van der Waals surface area contributed by atoms with Gasteiger partial charge in [-0.2, -0.15) is 0 Å². The summed E-state index contributed by atoms with van der Waals surface area (Å²) in [5.41, 5.74) is 7.69. The molecule has 0 saturated heterocycles. The molecule has 0 radical (unpaired) electrons. The minimum absolute atomic E-state index is 0.555. The van der Waals surface area contributed by atoms with E-state index in [2.05, 4.69) is 80.7 Å². The second-order valence-electron chi connectivity index (χ2n) is 6.49. The van der Waals surface area contributed by atoms with E-state index < -0.39 is 0 Å². The Kier molecular flexibility index (Phi) is 5.00. The predicted octanol–water partition coefficient (Wildman–Crippen LogP) is 6.78. The van der Waals surface area contributed by atoms with Crippen LogP contribution in [0.15, 0.2) is 72.8 Å². The summed E-state index contributed by atoms with van der Waals surface area (Å²) >= 11 is 0. The van der Waals surface area contributed by atoms with Crippen molar-refractivity contribution in [2.45, 2.75) is 33.1 Å². The Morgan fingerprint density at radius 2 is 1.38 bits per heavy atom. The first kappa shape index (κ1) is 16.3. The Bertz CT molecular complexity index is 786. The van der Waals surface area contributed by atoms with Crippen LogP contribution in [0.5, 0.6) is 0 Å². The molecule has 0 aliphatic rings. The third kappa shape index (κ3) is 3.68. The van der Waals surface area contributed by atoms with Gasteiger partial charge in [-0.1, -0.05) is 69.3 Å². The summed E-state index contributed by atoms with van der Waals surface area (Å²) in [6.07, 6.45) is 1.09. The molecule has 24 heavy (non-hydrogen) atoms. The lowest BCUT2D eigenvalue weighted by Gasteiger charge is -2.14. The molecular formula is C23H25N. The zero-order valence-corrected chi connectivity index (χ0v) is 14.7. The van der Waals surface area contributed by atoms with Crippen LogP contribution < -0.4 is 5.32 Å². The highest BCUT2D eigenvalue weighted by Crippen LogP contribution is 2.28. The van der Waals surface area contributed by atoms with Gasteiger partial charge in [-0.05, 0) is 58.9 Å². The van der Waals surface area contributed by atoms with Crippen LogP contribution in [0.4, 0.5) is 11.4 Å². The van der Waals surface area contributed by atoms with Crippen molar-refractivity contribution in [1.29, 1.82) is 0 Å². The lowest BCUT2D eigenvalue weighted by Crippen LogP contribution is -1.96. The molecule has 0 aliphatic carbocycles. The molecule has 0 fully saturated rings. The first-order chi connectivity index (χ1) is 11.7. The Labute approximate surface area is 145 Å². The molecule has 0 heterocycles. The van der Waals surface area contributed by atoms with Gasteiger partial charge in [0.15, 0.2) is 0 Å². The number of hydrogen-bond acceptors (Lipinski definition) is 1. The van der Waals surface area contributed by atoms with E-state index in [0.717, 1.165) is 17.8 Å². The molecule has 0 atom stereocenters. The average Bonchev–Trinajstić information content (AvgIpc) is 2.62. The lowest BCUT2D eigenvalue weighted by atomic mass is 9.91. The number of aryl methyl sites for hydroxylation is 1. The molecule has 0 amide bonds. The van der Waals surface area contributed by atoms with Gasteiger partial charge in [-0.15, -0.1) is 0 Å². The molecule has 0 unspecified atom stereocenters. The fourth-order valence-corrected chi connectivity index (χ4v) is 3.07. The van der Waals surface area contributed by atoms with Crippen molar-refractivity contribution in [1.82, 2.24) is 0 Å². The van der Waals surface area contributed by atoms with Crippen molar-refractivity contribution in [3.8, 4) is 11.1 Å². The molecule has 0 aromatic heterocycles. The second-order valence-corrected chi connectivity index (χ2v) is 6.49. The SMILES string of the molecule is CCc1ccc(-c2ccc(Nc3ccccc3)cc2)cc1C(C)C. The smallest absolute Gasteiger partial charge is 0.0384 e. The van der Waals surface area contributed by atoms with Gasteiger partial charge in [0, 0.05) is 11.4 Å². The van der Waals surface area contributed by atoms with E-state index >= 15 is 0 Å². The van der Waals surface area contributed by atoms with Gasteiger partial charge in [-0.25, -0.2) is 0 Å². The zero-order valence-electron chi connectivity index (χ0n) is 14.7. The van der Waals surface area contributed by atoms with E-state index in [1.165, 1.54) is 22.3 Å². The van der Waals surface area contributed by atoms with Crippen LogP contribution in [-0.2, 0) is 6.42 Å². The molecule has 3 rings (SSSR count). The van der Waals surface area contributed by atoms with Crippen LogP contribution >= 0.6 is 0 Å². The van der Waals surface area contributed by atoms with Crippen molar-refractivity contribution in [3.05, 3.63) is 83.9 Å². The topological polar surface area (TPSA) is 12.0 Å². The Hall–Kier alpha value is -2.54. The van der Waals surface area contributed by atoms with E-state index in [9.17, 15) is 0 Å². The molecule has 1 heteroatoms. The number of nitrogens with one attached hydrogen (secondary N) is 1. The average molecular weight is 315 g/mol. The molecule has 3 aromatic rings. The summed E-state index contributed by atoms with van der Waals surface area (Å²) in [7, 11) is 0. The van der Waals surface area contributed by atoms with Crippen molar-refractivity contribution >= 4 is 11.4 Å². The summed E-state index contributed by atoms with van der Waals surface area (Å²) in [5, 5.41) is 3.43. The van der Waals surface area contributed by atoms with E-state index in [4.69, 9.17) is 0 Å². The Morgan fingerprint density at radius 1 is 0.750 bits per heavy atom. The summed E-state index contributed by atoms with van der Waals surface area (Å²) in [4.78, 5) is 0. The van der Waals surface area contributed by atoms with Gasteiger partial charge in [0.25, 0.3) is 0 Å². The maximum absolute atomic E-state index is 3.43. The fourth-order valence-electron chi connectivity index (χ4n) is 3.07. The van der Waals surface area contributed by atoms with Gasteiger partial charge in [-0.3, -0.25) is 0 Å². The molecular weight excluding hydrogens is 290 g/mol. The maximum atomic E-state index is 3.43. The lowest BCUT2D eigenvalue weighted by molar-refractivity contribution is 0.845. The van der Waals surface area contributed by atoms with Gasteiger partial charge in [0.2, 0.25) is 0 Å². The van der Waals surface area contributed by atoms with Crippen molar-refractivity contribution in [2.24, 2.45) is 0 Å².